The summed E-state index contributed by atoms with van der Waals surface area (Å²) < 4.78 is 13.5. The maximum atomic E-state index is 13.5. The molecule has 0 spiro atoms. The van der Waals surface area contributed by atoms with E-state index in [2.05, 4.69) is 31.5 Å². The zero-order valence-corrected chi connectivity index (χ0v) is 21.7. The number of H-pyrrole nitrogens is 2. The summed E-state index contributed by atoms with van der Waals surface area (Å²) in [5.41, 5.74) is 8.18. The van der Waals surface area contributed by atoms with Crippen molar-refractivity contribution in [3.05, 3.63) is 84.9 Å². The topological polar surface area (TPSA) is 99.4 Å². The SMILES string of the molecule is O=C(Nc1cncc(-c2ccc3[nH]nc(-c4cc5c(-c6ccc(F)cc6)cccc5[nH]4)c3n2)c1)C1CCCCC1. The van der Waals surface area contributed by atoms with E-state index in [1.54, 1.807) is 24.5 Å². The van der Waals surface area contributed by atoms with E-state index < -0.39 is 0 Å². The van der Waals surface area contributed by atoms with E-state index in [-0.39, 0.29) is 17.6 Å². The maximum absolute atomic E-state index is 13.5. The third-order valence-electron chi connectivity index (χ3n) is 7.76. The number of fused-ring (bicyclic) bond motifs is 2. The molecule has 0 bridgehead atoms. The minimum atomic E-state index is -0.261. The molecule has 0 unspecified atom stereocenters. The first-order valence-electron chi connectivity index (χ1n) is 13.6. The number of carbonyl (C=O) groups is 1. The molecule has 198 valence electrons. The molecule has 8 heteroatoms. The molecule has 2 aromatic carbocycles. The summed E-state index contributed by atoms with van der Waals surface area (Å²) in [5.74, 6) is -0.124. The van der Waals surface area contributed by atoms with Gasteiger partial charge in [0, 0.05) is 28.6 Å². The number of anilines is 1. The number of nitrogens with one attached hydrogen (secondary N) is 3. The first-order valence-corrected chi connectivity index (χ1v) is 13.6. The van der Waals surface area contributed by atoms with Crippen LogP contribution in [0.4, 0.5) is 10.1 Å². The lowest BCUT2D eigenvalue weighted by Crippen LogP contribution is -2.24. The summed E-state index contributed by atoms with van der Waals surface area (Å²) >= 11 is 0. The lowest BCUT2D eigenvalue weighted by atomic mass is 9.88. The summed E-state index contributed by atoms with van der Waals surface area (Å²) in [6.07, 6.45) is 8.74. The molecular formula is C32H27FN6O. The Morgan fingerprint density at radius 2 is 1.75 bits per heavy atom. The Morgan fingerprint density at radius 3 is 2.60 bits per heavy atom. The molecule has 1 aliphatic carbocycles. The summed E-state index contributed by atoms with van der Waals surface area (Å²) in [6, 6.07) is 20.4. The Labute approximate surface area is 229 Å². The van der Waals surface area contributed by atoms with Crippen LogP contribution in [0.3, 0.4) is 0 Å². The molecule has 4 aromatic heterocycles. The number of hydrogen-bond acceptors (Lipinski definition) is 4. The average Bonchev–Trinajstić information content (AvgIpc) is 3.62. The number of nitrogens with zero attached hydrogens (tertiary/aromatic N) is 3. The molecule has 1 saturated carbocycles. The molecule has 0 aliphatic heterocycles. The van der Waals surface area contributed by atoms with Gasteiger partial charge in [-0.05, 0) is 66.4 Å². The average molecular weight is 531 g/mol. The molecule has 0 saturated heterocycles. The van der Waals surface area contributed by atoms with Crippen LogP contribution in [-0.4, -0.2) is 31.1 Å². The van der Waals surface area contributed by atoms with Gasteiger partial charge in [0.05, 0.1) is 28.8 Å². The number of aromatic nitrogens is 5. The zero-order valence-electron chi connectivity index (χ0n) is 21.7. The van der Waals surface area contributed by atoms with Crippen LogP contribution >= 0.6 is 0 Å². The van der Waals surface area contributed by atoms with Gasteiger partial charge in [-0.3, -0.25) is 14.9 Å². The minimum absolute atomic E-state index is 0.0676. The number of rotatable bonds is 5. The van der Waals surface area contributed by atoms with Gasteiger partial charge < -0.3 is 10.3 Å². The van der Waals surface area contributed by atoms with Crippen molar-refractivity contribution in [3.8, 4) is 33.8 Å². The number of halogens is 1. The van der Waals surface area contributed by atoms with Crippen molar-refractivity contribution >= 4 is 33.5 Å². The summed E-state index contributed by atoms with van der Waals surface area (Å²) in [4.78, 5) is 25.6. The van der Waals surface area contributed by atoms with E-state index in [4.69, 9.17) is 4.98 Å². The highest BCUT2D eigenvalue weighted by atomic mass is 19.1. The molecule has 1 fully saturated rings. The molecular weight excluding hydrogens is 503 g/mol. The quantitative estimate of drug-likeness (QED) is 0.215. The molecule has 6 aromatic rings. The van der Waals surface area contributed by atoms with Crippen LogP contribution in [-0.2, 0) is 4.79 Å². The maximum Gasteiger partial charge on any atom is 0.227 e. The fourth-order valence-corrected chi connectivity index (χ4v) is 5.67. The highest BCUT2D eigenvalue weighted by molar-refractivity contribution is 6.00. The van der Waals surface area contributed by atoms with Crippen LogP contribution in [0.15, 0.2) is 79.1 Å². The fourth-order valence-electron chi connectivity index (χ4n) is 5.67. The third-order valence-corrected chi connectivity index (χ3v) is 7.76. The lowest BCUT2D eigenvalue weighted by Gasteiger charge is -2.20. The molecule has 1 aliphatic rings. The first kappa shape index (κ1) is 24.2. The lowest BCUT2D eigenvalue weighted by molar-refractivity contribution is -0.120. The van der Waals surface area contributed by atoms with Gasteiger partial charge in [-0.2, -0.15) is 5.10 Å². The molecule has 3 N–H and O–H groups in total. The van der Waals surface area contributed by atoms with Crippen LogP contribution in [0.2, 0.25) is 0 Å². The highest BCUT2D eigenvalue weighted by Crippen LogP contribution is 2.34. The molecule has 7 nitrogen and oxygen atoms in total. The summed E-state index contributed by atoms with van der Waals surface area (Å²) in [5, 5.41) is 11.7. The van der Waals surface area contributed by atoms with Crippen molar-refractivity contribution in [1.82, 2.24) is 25.1 Å². The van der Waals surface area contributed by atoms with E-state index in [1.165, 1.54) is 18.6 Å². The Morgan fingerprint density at radius 1 is 0.900 bits per heavy atom. The number of amides is 1. The zero-order chi connectivity index (χ0) is 27.1. The van der Waals surface area contributed by atoms with Gasteiger partial charge in [0.1, 0.15) is 17.0 Å². The number of hydrogen-bond donors (Lipinski definition) is 3. The van der Waals surface area contributed by atoms with Crippen LogP contribution in [0, 0.1) is 11.7 Å². The third kappa shape index (κ3) is 4.51. The van der Waals surface area contributed by atoms with Crippen LogP contribution in [0.25, 0.3) is 55.7 Å². The second kappa shape index (κ2) is 10.0. The number of carbonyl (C=O) groups excluding carboxylic acids is 1. The standard InChI is InChI=1S/C32H27FN6O/c33-22-11-9-19(10-12-22)24-7-4-8-27-25(24)16-29(36-27)31-30-28(38-39-31)14-13-26(37-30)21-15-23(18-34-17-21)35-32(40)20-5-2-1-3-6-20/h4,7-18,20,36H,1-3,5-6H2,(H,35,40)(H,38,39). The Bertz CT molecular complexity index is 1850. The molecule has 1 amide bonds. The predicted octanol–water partition coefficient (Wildman–Crippen LogP) is 7.49. The Balaban J connectivity index is 1.22. The molecule has 0 radical (unpaired) electrons. The van der Waals surface area contributed by atoms with Gasteiger partial charge in [0.25, 0.3) is 0 Å². The number of aromatic amines is 2. The van der Waals surface area contributed by atoms with E-state index in [0.717, 1.165) is 75.7 Å². The van der Waals surface area contributed by atoms with Gasteiger partial charge in [-0.25, -0.2) is 9.37 Å². The van der Waals surface area contributed by atoms with E-state index in [1.807, 2.05) is 36.4 Å². The largest absolute Gasteiger partial charge is 0.353 e. The second-order valence-corrected chi connectivity index (χ2v) is 10.4. The molecule has 0 atom stereocenters. The molecule has 4 heterocycles. The van der Waals surface area contributed by atoms with Crippen molar-refractivity contribution < 1.29 is 9.18 Å². The van der Waals surface area contributed by atoms with Crippen molar-refractivity contribution in [2.75, 3.05) is 5.32 Å². The first-order chi connectivity index (χ1) is 19.6. The second-order valence-electron chi connectivity index (χ2n) is 10.4. The molecule has 7 rings (SSSR count). The van der Waals surface area contributed by atoms with Crippen LogP contribution in [0.1, 0.15) is 32.1 Å². The van der Waals surface area contributed by atoms with Gasteiger partial charge in [0.15, 0.2) is 0 Å². The van der Waals surface area contributed by atoms with Crippen molar-refractivity contribution in [1.29, 1.82) is 0 Å². The highest BCUT2D eigenvalue weighted by Gasteiger charge is 2.21. The number of benzene rings is 2. The van der Waals surface area contributed by atoms with Crippen molar-refractivity contribution in [3.63, 3.8) is 0 Å². The van der Waals surface area contributed by atoms with E-state index >= 15 is 0 Å². The Hall–Kier alpha value is -4.85. The Kier molecular flexibility index (Phi) is 6.07. The minimum Gasteiger partial charge on any atom is -0.353 e. The molecule has 40 heavy (non-hydrogen) atoms. The monoisotopic (exact) mass is 530 g/mol. The van der Waals surface area contributed by atoms with Gasteiger partial charge in [-0.1, -0.05) is 43.5 Å². The van der Waals surface area contributed by atoms with Gasteiger partial charge >= 0.3 is 0 Å². The number of pyridine rings is 2. The van der Waals surface area contributed by atoms with E-state index in [9.17, 15) is 9.18 Å². The summed E-state index contributed by atoms with van der Waals surface area (Å²) in [6.45, 7) is 0. The van der Waals surface area contributed by atoms with Crippen LogP contribution < -0.4 is 5.32 Å². The van der Waals surface area contributed by atoms with Crippen molar-refractivity contribution in [2.24, 2.45) is 5.92 Å². The predicted molar refractivity (Wildman–Crippen MR) is 155 cm³/mol. The fraction of sp³-hybridized carbons (Fsp3) is 0.188. The van der Waals surface area contributed by atoms with Gasteiger partial charge in [0.2, 0.25) is 5.91 Å². The smallest absolute Gasteiger partial charge is 0.227 e. The normalized spacial score (nSPS) is 14.1. The van der Waals surface area contributed by atoms with E-state index in [0.29, 0.717) is 11.4 Å². The summed E-state index contributed by atoms with van der Waals surface area (Å²) in [7, 11) is 0. The van der Waals surface area contributed by atoms with Crippen LogP contribution in [0.5, 0.6) is 0 Å². The van der Waals surface area contributed by atoms with Gasteiger partial charge in [-0.15, -0.1) is 0 Å². The van der Waals surface area contributed by atoms with Crippen molar-refractivity contribution in [2.45, 2.75) is 32.1 Å².